The highest BCUT2D eigenvalue weighted by molar-refractivity contribution is 5.86. The molecule has 5 nitrogen and oxygen atoms in total. The van der Waals surface area contributed by atoms with Gasteiger partial charge in [-0.25, -0.2) is 9.59 Å². The number of nitrogens with one attached hydrogen (secondary N) is 1. The molecule has 1 unspecified atom stereocenters. The van der Waals surface area contributed by atoms with E-state index in [2.05, 4.69) is 17.4 Å². The van der Waals surface area contributed by atoms with Gasteiger partial charge in [-0.2, -0.15) is 0 Å². The summed E-state index contributed by atoms with van der Waals surface area (Å²) in [5, 5.41) is 12.4. The van der Waals surface area contributed by atoms with Gasteiger partial charge in [-0.15, -0.1) is 0 Å². The Labute approximate surface area is 123 Å². The minimum atomic E-state index is -1.07. The Hall–Kier alpha value is -2.04. The monoisotopic (exact) mass is 288 g/mol. The number of amides is 2. The standard InChI is InChI=1S/C16H20N2O3/c1-16(14(19)20)7-4-8-18(16)15(21)17-13-9-11-5-2-3-6-12(11)10-13/h2-3,5-6,13H,4,7-10H2,1H3,(H,17,21)(H,19,20). The number of hydrogen-bond acceptors (Lipinski definition) is 2. The fourth-order valence-corrected chi connectivity index (χ4v) is 3.42. The molecule has 3 rings (SSSR count). The molecule has 0 saturated carbocycles. The van der Waals surface area contributed by atoms with Gasteiger partial charge in [0.1, 0.15) is 5.54 Å². The Morgan fingerprint density at radius 3 is 2.48 bits per heavy atom. The number of fused-ring (bicyclic) bond motifs is 1. The predicted molar refractivity (Wildman–Crippen MR) is 78.2 cm³/mol. The van der Waals surface area contributed by atoms with Crippen LogP contribution in [0.25, 0.3) is 0 Å². The van der Waals surface area contributed by atoms with E-state index in [0.29, 0.717) is 13.0 Å². The molecule has 1 aliphatic carbocycles. The average molecular weight is 288 g/mol. The van der Waals surface area contributed by atoms with Crippen molar-refractivity contribution in [3.05, 3.63) is 35.4 Å². The molecule has 1 saturated heterocycles. The van der Waals surface area contributed by atoms with E-state index in [1.807, 2.05) is 12.1 Å². The van der Waals surface area contributed by atoms with Crippen LogP contribution in [-0.4, -0.2) is 40.1 Å². The minimum absolute atomic E-state index is 0.0635. The summed E-state index contributed by atoms with van der Waals surface area (Å²) < 4.78 is 0. The van der Waals surface area contributed by atoms with Gasteiger partial charge < -0.3 is 15.3 Å². The van der Waals surface area contributed by atoms with Gasteiger partial charge in [0.25, 0.3) is 0 Å². The van der Waals surface area contributed by atoms with Crippen LogP contribution >= 0.6 is 0 Å². The third kappa shape index (κ3) is 2.37. The van der Waals surface area contributed by atoms with Gasteiger partial charge in [0.2, 0.25) is 0 Å². The molecule has 1 aromatic rings. The molecule has 1 fully saturated rings. The van der Waals surface area contributed by atoms with E-state index in [-0.39, 0.29) is 12.1 Å². The number of carboxylic acid groups (broad SMARTS) is 1. The van der Waals surface area contributed by atoms with Crippen LogP contribution in [0.4, 0.5) is 4.79 Å². The van der Waals surface area contributed by atoms with Gasteiger partial charge >= 0.3 is 12.0 Å². The van der Waals surface area contributed by atoms with E-state index in [9.17, 15) is 14.7 Å². The summed E-state index contributed by atoms with van der Waals surface area (Å²) >= 11 is 0. The number of carbonyl (C=O) groups excluding carboxylic acids is 1. The van der Waals surface area contributed by atoms with Crippen molar-refractivity contribution >= 4 is 12.0 Å². The number of hydrogen-bond donors (Lipinski definition) is 2. The number of carboxylic acids is 1. The van der Waals surface area contributed by atoms with Crippen molar-refractivity contribution in [2.24, 2.45) is 0 Å². The lowest BCUT2D eigenvalue weighted by Crippen LogP contribution is -2.55. The van der Waals surface area contributed by atoms with Gasteiger partial charge in [0.05, 0.1) is 0 Å². The Balaban J connectivity index is 1.67. The van der Waals surface area contributed by atoms with Crippen LogP contribution in [-0.2, 0) is 17.6 Å². The van der Waals surface area contributed by atoms with E-state index in [1.165, 1.54) is 16.0 Å². The zero-order valence-corrected chi connectivity index (χ0v) is 12.1. The fraction of sp³-hybridized carbons (Fsp3) is 0.500. The summed E-state index contributed by atoms with van der Waals surface area (Å²) in [5.74, 6) is -0.926. The fourth-order valence-electron chi connectivity index (χ4n) is 3.42. The van der Waals surface area contributed by atoms with Crippen molar-refractivity contribution in [3.63, 3.8) is 0 Å². The van der Waals surface area contributed by atoms with Crippen molar-refractivity contribution in [1.29, 1.82) is 0 Å². The number of carbonyl (C=O) groups is 2. The summed E-state index contributed by atoms with van der Waals surface area (Å²) in [6, 6.07) is 7.98. The molecular formula is C16H20N2O3. The second kappa shape index (κ2) is 5.06. The summed E-state index contributed by atoms with van der Waals surface area (Å²) in [6.07, 6.45) is 2.89. The molecule has 0 bridgehead atoms. The molecule has 21 heavy (non-hydrogen) atoms. The van der Waals surface area contributed by atoms with Crippen LogP contribution in [0.1, 0.15) is 30.9 Å². The maximum absolute atomic E-state index is 12.4. The lowest BCUT2D eigenvalue weighted by molar-refractivity contribution is -0.147. The van der Waals surface area contributed by atoms with Crippen molar-refractivity contribution < 1.29 is 14.7 Å². The molecule has 1 heterocycles. The molecule has 5 heteroatoms. The molecule has 112 valence electrons. The topological polar surface area (TPSA) is 69.6 Å². The smallest absolute Gasteiger partial charge is 0.329 e. The first kappa shape index (κ1) is 13.9. The Kier molecular flexibility index (Phi) is 3.35. The van der Waals surface area contributed by atoms with Gasteiger partial charge in [-0.3, -0.25) is 0 Å². The number of rotatable bonds is 2. The van der Waals surface area contributed by atoms with Crippen LogP contribution in [0.2, 0.25) is 0 Å². The molecule has 2 amide bonds. The minimum Gasteiger partial charge on any atom is -0.480 e. The second-order valence-corrected chi connectivity index (χ2v) is 6.16. The van der Waals surface area contributed by atoms with E-state index in [1.54, 1.807) is 6.92 Å². The zero-order chi connectivity index (χ0) is 15.0. The van der Waals surface area contributed by atoms with Crippen molar-refractivity contribution in [2.45, 2.75) is 44.2 Å². The molecule has 2 N–H and O–H groups in total. The molecule has 0 aromatic heterocycles. The first-order valence-electron chi connectivity index (χ1n) is 7.39. The molecule has 2 aliphatic rings. The number of likely N-dealkylation sites (tertiary alicyclic amines) is 1. The van der Waals surface area contributed by atoms with E-state index in [4.69, 9.17) is 0 Å². The van der Waals surface area contributed by atoms with E-state index >= 15 is 0 Å². The maximum atomic E-state index is 12.4. The van der Waals surface area contributed by atoms with Crippen molar-refractivity contribution in [1.82, 2.24) is 10.2 Å². The first-order chi connectivity index (χ1) is 10.0. The molecule has 1 aliphatic heterocycles. The molecule has 1 atom stereocenters. The molecular weight excluding hydrogens is 268 g/mol. The van der Waals surface area contributed by atoms with Crippen molar-refractivity contribution in [2.75, 3.05) is 6.54 Å². The summed E-state index contributed by atoms with van der Waals surface area (Å²) in [6.45, 7) is 2.14. The van der Waals surface area contributed by atoms with Gasteiger partial charge in [-0.05, 0) is 43.7 Å². The van der Waals surface area contributed by atoms with Crippen LogP contribution in [0.15, 0.2) is 24.3 Å². The largest absolute Gasteiger partial charge is 0.480 e. The average Bonchev–Trinajstić information content (AvgIpc) is 3.02. The third-order valence-corrected chi connectivity index (χ3v) is 4.73. The maximum Gasteiger partial charge on any atom is 0.329 e. The quantitative estimate of drug-likeness (QED) is 0.872. The van der Waals surface area contributed by atoms with Crippen LogP contribution in [0.3, 0.4) is 0 Å². The van der Waals surface area contributed by atoms with Gasteiger partial charge in [-0.1, -0.05) is 24.3 Å². The normalized spacial score (nSPS) is 24.9. The second-order valence-electron chi connectivity index (χ2n) is 6.16. The SMILES string of the molecule is CC1(C(=O)O)CCCN1C(=O)NC1Cc2ccccc2C1. The number of benzene rings is 1. The predicted octanol–water partition coefficient (Wildman–Crippen LogP) is 1.80. The number of urea groups is 1. The van der Waals surface area contributed by atoms with Gasteiger partial charge in [0, 0.05) is 12.6 Å². The highest BCUT2D eigenvalue weighted by Crippen LogP contribution is 2.30. The summed E-state index contributed by atoms with van der Waals surface area (Å²) in [5.41, 5.74) is 1.46. The van der Waals surface area contributed by atoms with Crippen molar-refractivity contribution in [3.8, 4) is 0 Å². The Morgan fingerprint density at radius 1 is 1.29 bits per heavy atom. The van der Waals surface area contributed by atoms with E-state index < -0.39 is 11.5 Å². The lowest BCUT2D eigenvalue weighted by Gasteiger charge is -2.32. The van der Waals surface area contributed by atoms with Gasteiger partial charge in [0.15, 0.2) is 0 Å². The highest BCUT2D eigenvalue weighted by atomic mass is 16.4. The lowest BCUT2D eigenvalue weighted by atomic mass is 10.00. The summed E-state index contributed by atoms with van der Waals surface area (Å²) in [4.78, 5) is 25.3. The van der Waals surface area contributed by atoms with Crippen LogP contribution in [0.5, 0.6) is 0 Å². The Bertz CT molecular complexity index is 562. The van der Waals surface area contributed by atoms with Crippen LogP contribution in [0, 0.1) is 0 Å². The highest BCUT2D eigenvalue weighted by Gasteiger charge is 2.46. The van der Waals surface area contributed by atoms with E-state index in [0.717, 1.165) is 19.3 Å². The molecule has 1 aromatic carbocycles. The number of nitrogens with zero attached hydrogens (tertiary/aromatic N) is 1. The molecule has 0 radical (unpaired) electrons. The first-order valence-corrected chi connectivity index (χ1v) is 7.39. The summed E-state index contributed by atoms with van der Waals surface area (Å²) in [7, 11) is 0. The number of aliphatic carboxylic acids is 1. The third-order valence-electron chi connectivity index (χ3n) is 4.73. The Morgan fingerprint density at radius 2 is 1.90 bits per heavy atom. The zero-order valence-electron chi connectivity index (χ0n) is 12.1. The van der Waals surface area contributed by atoms with Crippen LogP contribution < -0.4 is 5.32 Å². The molecule has 0 spiro atoms.